The van der Waals surface area contributed by atoms with Crippen molar-refractivity contribution in [2.45, 2.75) is 6.54 Å². The summed E-state index contributed by atoms with van der Waals surface area (Å²) in [5.41, 5.74) is 0.258. The van der Waals surface area contributed by atoms with Crippen molar-refractivity contribution < 1.29 is 9.90 Å². The maximum Gasteiger partial charge on any atom is 0.255 e. The first-order chi connectivity index (χ1) is 7.77. The monoisotopic (exact) mass is 217 g/mol. The first-order valence-corrected chi connectivity index (χ1v) is 4.82. The highest BCUT2D eigenvalue weighted by molar-refractivity contribution is 5.96. The molecule has 0 radical (unpaired) electrons. The van der Waals surface area contributed by atoms with Gasteiger partial charge in [-0.3, -0.25) is 4.79 Å². The first kappa shape index (κ1) is 10.2. The molecule has 82 valence electrons. The Labute approximate surface area is 92.2 Å². The quantitative estimate of drug-likeness (QED) is 0.719. The van der Waals surface area contributed by atoms with E-state index in [2.05, 4.69) is 15.3 Å². The van der Waals surface area contributed by atoms with Crippen LogP contribution < -0.4 is 5.32 Å². The van der Waals surface area contributed by atoms with Gasteiger partial charge in [-0.2, -0.15) is 0 Å². The minimum absolute atomic E-state index is 0.0283. The molecule has 0 saturated carbocycles. The zero-order chi connectivity index (χ0) is 11.4. The summed E-state index contributed by atoms with van der Waals surface area (Å²) in [6, 6.07) is 6.40. The third-order valence-electron chi connectivity index (χ3n) is 2.12. The second-order valence-corrected chi connectivity index (χ2v) is 3.24. The highest BCUT2D eigenvalue weighted by atomic mass is 16.3. The number of carbonyl (C=O) groups excluding carboxylic acids is 1. The maximum absolute atomic E-state index is 11.6. The van der Waals surface area contributed by atoms with E-state index in [9.17, 15) is 9.90 Å². The Morgan fingerprint density at radius 3 is 2.94 bits per heavy atom. The molecule has 2 rings (SSSR count). The Hall–Kier alpha value is -2.30. The van der Waals surface area contributed by atoms with Crippen molar-refractivity contribution in [3.05, 3.63) is 48.0 Å². The van der Waals surface area contributed by atoms with Gasteiger partial charge in [0.25, 0.3) is 5.91 Å². The lowest BCUT2D eigenvalue weighted by Gasteiger charge is -2.04. The largest absolute Gasteiger partial charge is 0.507 e. The minimum Gasteiger partial charge on any atom is -0.507 e. The van der Waals surface area contributed by atoms with Crippen LogP contribution in [0.15, 0.2) is 36.7 Å². The Bertz CT molecular complexity index is 480. The standard InChI is InChI=1S/C11H11N3O2/c15-9-4-2-1-3-8(9)11(16)14-7-10-12-5-6-13-10/h1-6,15H,7H2,(H,12,13)(H,14,16). The van der Waals surface area contributed by atoms with Crippen molar-refractivity contribution in [2.75, 3.05) is 0 Å². The third-order valence-corrected chi connectivity index (χ3v) is 2.12. The lowest BCUT2D eigenvalue weighted by atomic mass is 10.2. The van der Waals surface area contributed by atoms with Crippen LogP contribution in [0.2, 0.25) is 0 Å². The van der Waals surface area contributed by atoms with Crippen LogP contribution in [0.3, 0.4) is 0 Å². The Morgan fingerprint density at radius 1 is 1.44 bits per heavy atom. The topological polar surface area (TPSA) is 78.0 Å². The van der Waals surface area contributed by atoms with E-state index in [0.717, 1.165) is 0 Å². The minimum atomic E-state index is -0.325. The maximum atomic E-state index is 11.6. The summed E-state index contributed by atoms with van der Waals surface area (Å²) in [6.45, 7) is 0.306. The molecule has 1 aromatic carbocycles. The molecule has 0 aliphatic rings. The molecule has 0 aliphatic heterocycles. The van der Waals surface area contributed by atoms with E-state index in [1.807, 2.05) is 0 Å². The number of amides is 1. The fraction of sp³-hybridized carbons (Fsp3) is 0.0909. The average Bonchev–Trinajstić information content (AvgIpc) is 2.79. The molecule has 1 amide bonds. The number of rotatable bonds is 3. The average molecular weight is 217 g/mol. The smallest absolute Gasteiger partial charge is 0.255 e. The molecular formula is C11H11N3O2. The number of H-pyrrole nitrogens is 1. The summed E-state index contributed by atoms with van der Waals surface area (Å²) in [6.07, 6.45) is 3.29. The van der Waals surface area contributed by atoms with Gasteiger partial charge < -0.3 is 15.4 Å². The van der Waals surface area contributed by atoms with E-state index >= 15 is 0 Å². The zero-order valence-corrected chi connectivity index (χ0v) is 8.47. The van der Waals surface area contributed by atoms with E-state index in [-0.39, 0.29) is 17.2 Å². The van der Waals surface area contributed by atoms with Crippen molar-refractivity contribution in [3.63, 3.8) is 0 Å². The predicted octanol–water partition coefficient (Wildman–Crippen LogP) is 1.05. The molecule has 0 fully saturated rings. The van der Waals surface area contributed by atoms with Gasteiger partial charge in [0.2, 0.25) is 0 Å². The first-order valence-electron chi connectivity index (χ1n) is 4.82. The van der Waals surface area contributed by atoms with Crippen molar-refractivity contribution >= 4 is 5.91 Å². The fourth-order valence-electron chi connectivity index (χ4n) is 1.32. The molecule has 0 saturated heterocycles. The van der Waals surface area contributed by atoms with Crippen molar-refractivity contribution in [1.29, 1.82) is 0 Å². The van der Waals surface area contributed by atoms with Gasteiger partial charge in [0, 0.05) is 12.4 Å². The van der Waals surface area contributed by atoms with Crippen molar-refractivity contribution in [3.8, 4) is 5.75 Å². The molecule has 2 aromatic rings. The van der Waals surface area contributed by atoms with Gasteiger partial charge >= 0.3 is 0 Å². The van der Waals surface area contributed by atoms with Crippen LogP contribution >= 0.6 is 0 Å². The van der Waals surface area contributed by atoms with Crippen molar-refractivity contribution in [1.82, 2.24) is 15.3 Å². The van der Waals surface area contributed by atoms with Gasteiger partial charge in [0.05, 0.1) is 12.1 Å². The number of hydrogen-bond acceptors (Lipinski definition) is 3. The number of aromatic amines is 1. The number of carbonyl (C=O) groups is 1. The normalized spacial score (nSPS) is 10.0. The third kappa shape index (κ3) is 2.20. The predicted molar refractivity (Wildman–Crippen MR) is 57.9 cm³/mol. The summed E-state index contributed by atoms with van der Waals surface area (Å²) < 4.78 is 0. The van der Waals surface area contributed by atoms with Gasteiger partial charge in [0.1, 0.15) is 11.6 Å². The lowest BCUT2D eigenvalue weighted by molar-refractivity contribution is 0.0947. The highest BCUT2D eigenvalue weighted by Crippen LogP contribution is 2.14. The molecule has 16 heavy (non-hydrogen) atoms. The van der Waals surface area contributed by atoms with E-state index in [0.29, 0.717) is 12.4 Å². The van der Waals surface area contributed by atoms with Crippen LogP contribution in [-0.2, 0) is 6.54 Å². The number of nitrogens with one attached hydrogen (secondary N) is 2. The number of para-hydroxylation sites is 1. The molecule has 0 atom stereocenters. The van der Waals surface area contributed by atoms with E-state index in [1.165, 1.54) is 6.07 Å². The molecule has 1 heterocycles. The molecule has 3 N–H and O–H groups in total. The Balaban J connectivity index is 2.01. The van der Waals surface area contributed by atoms with Crippen LogP contribution in [0.25, 0.3) is 0 Å². The highest BCUT2D eigenvalue weighted by Gasteiger charge is 2.09. The summed E-state index contributed by atoms with van der Waals surface area (Å²) in [4.78, 5) is 18.5. The number of phenolic OH excluding ortho intramolecular Hbond substituents is 1. The lowest BCUT2D eigenvalue weighted by Crippen LogP contribution is -2.23. The summed E-state index contributed by atoms with van der Waals surface area (Å²) >= 11 is 0. The second-order valence-electron chi connectivity index (χ2n) is 3.24. The van der Waals surface area contributed by atoms with Crippen LogP contribution in [-0.4, -0.2) is 21.0 Å². The molecule has 0 bridgehead atoms. The van der Waals surface area contributed by atoms with Crippen LogP contribution in [0, 0.1) is 0 Å². The van der Waals surface area contributed by atoms with Gasteiger partial charge in [-0.25, -0.2) is 4.98 Å². The molecule has 0 unspecified atom stereocenters. The molecule has 5 nitrogen and oxygen atoms in total. The summed E-state index contributed by atoms with van der Waals surface area (Å²) in [5, 5.41) is 12.1. The molecule has 5 heteroatoms. The number of nitrogens with zero attached hydrogens (tertiary/aromatic N) is 1. The van der Waals surface area contributed by atoms with E-state index < -0.39 is 0 Å². The number of hydrogen-bond donors (Lipinski definition) is 3. The molecule has 0 spiro atoms. The zero-order valence-electron chi connectivity index (χ0n) is 8.47. The number of phenols is 1. The van der Waals surface area contributed by atoms with Gasteiger partial charge in [-0.15, -0.1) is 0 Å². The number of imidazole rings is 1. The van der Waals surface area contributed by atoms with Crippen LogP contribution in [0.5, 0.6) is 5.75 Å². The van der Waals surface area contributed by atoms with Gasteiger partial charge in [0.15, 0.2) is 0 Å². The van der Waals surface area contributed by atoms with Crippen molar-refractivity contribution in [2.24, 2.45) is 0 Å². The molecule has 1 aromatic heterocycles. The van der Waals surface area contributed by atoms with Crippen LogP contribution in [0.1, 0.15) is 16.2 Å². The molecular weight excluding hydrogens is 206 g/mol. The van der Waals surface area contributed by atoms with Gasteiger partial charge in [-0.05, 0) is 12.1 Å². The number of benzene rings is 1. The molecule has 0 aliphatic carbocycles. The van der Waals surface area contributed by atoms with E-state index in [1.54, 1.807) is 30.6 Å². The SMILES string of the molecule is O=C(NCc1ncc[nH]1)c1ccccc1O. The van der Waals surface area contributed by atoms with Crippen LogP contribution in [0.4, 0.5) is 0 Å². The number of aromatic nitrogens is 2. The summed E-state index contributed by atoms with van der Waals surface area (Å²) in [7, 11) is 0. The van der Waals surface area contributed by atoms with E-state index in [4.69, 9.17) is 0 Å². The Kier molecular flexibility index (Phi) is 2.86. The fourth-order valence-corrected chi connectivity index (χ4v) is 1.32. The summed E-state index contributed by atoms with van der Waals surface area (Å²) in [5.74, 6) is 0.317. The van der Waals surface area contributed by atoms with Gasteiger partial charge in [-0.1, -0.05) is 12.1 Å². The Morgan fingerprint density at radius 2 is 2.25 bits per heavy atom. The second kappa shape index (κ2) is 4.48. The number of aromatic hydroxyl groups is 1.